The maximum absolute atomic E-state index is 12.5. The highest BCUT2D eigenvalue weighted by Crippen LogP contribution is 2.22. The molecule has 0 aliphatic heterocycles. The molecule has 192 valence electrons. The summed E-state index contributed by atoms with van der Waals surface area (Å²) < 4.78 is 17.3. The van der Waals surface area contributed by atoms with Crippen molar-refractivity contribution in [3.8, 4) is 17.2 Å². The number of rotatable bonds is 19. The van der Waals surface area contributed by atoms with E-state index in [1.165, 1.54) is 57.8 Å². The second-order valence-corrected chi connectivity index (χ2v) is 9.21. The van der Waals surface area contributed by atoms with E-state index >= 15 is 0 Å². The first-order valence-electron chi connectivity index (χ1n) is 13.4. The molecule has 0 N–H and O–H groups in total. The molecule has 4 heteroatoms. The normalized spacial score (nSPS) is 11.6. The second kappa shape index (κ2) is 17.7. The molecule has 0 aromatic heterocycles. The minimum atomic E-state index is -0.383. The van der Waals surface area contributed by atoms with Crippen LogP contribution in [0.5, 0.6) is 17.2 Å². The van der Waals surface area contributed by atoms with Crippen molar-refractivity contribution in [2.45, 2.75) is 97.0 Å². The van der Waals surface area contributed by atoms with Gasteiger partial charge in [-0.1, -0.05) is 57.9 Å². The average molecular weight is 481 g/mol. The summed E-state index contributed by atoms with van der Waals surface area (Å²) in [5.74, 6) is 1.69. The van der Waals surface area contributed by atoms with Crippen LogP contribution in [0.1, 0.15) is 101 Å². The van der Waals surface area contributed by atoms with E-state index in [1.807, 2.05) is 30.3 Å². The molecule has 0 bridgehead atoms. The van der Waals surface area contributed by atoms with Gasteiger partial charge in [0.1, 0.15) is 17.2 Å². The summed E-state index contributed by atoms with van der Waals surface area (Å²) >= 11 is 0. The largest absolute Gasteiger partial charge is 0.494 e. The quantitative estimate of drug-likeness (QED) is 0.0871. The lowest BCUT2D eigenvalue weighted by Crippen LogP contribution is -2.11. The fourth-order valence-corrected chi connectivity index (χ4v) is 3.88. The zero-order chi connectivity index (χ0) is 25.1. The number of hydrogen-bond donors (Lipinski definition) is 0. The van der Waals surface area contributed by atoms with Gasteiger partial charge in [0, 0.05) is 0 Å². The molecule has 2 aromatic carbocycles. The van der Waals surface area contributed by atoms with Crippen LogP contribution in [0, 0.1) is 0 Å². The lowest BCUT2D eigenvalue weighted by Gasteiger charge is -2.15. The number of carbonyl (C=O) groups excluding carboxylic acids is 1. The maximum Gasteiger partial charge on any atom is 0.343 e. The van der Waals surface area contributed by atoms with Gasteiger partial charge in [0.2, 0.25) is 0 Å². The minimum absolute atomic E-state index is 0.174. The number of unbranched alkanes of at least 4 members (excludes halogenated alkanes) is 9. The number of allylic oxidation sites excluding steroid dienone is 1. The van der Waals surface area contributed by atoms with Gasteiger partial charge < -0.3 is 14.2 Å². The Morgan fingerprint density at radius 1 is 0.800 bits per heavy atom. The molecule has 0 fully saturated rings. The molecule has 0 unspecified atom stereocenters. The Balaban J connectivity index is 1.66. The van der Waals surface area contributed by atoms with Gasteiger partial charge in [-0.25, -0.2) is 4.79 Å². The third-order valence-electron chi connectivity index (χ3n) is 6.00. The fraction of sp³-hybridized carbons (Fsp3) is 0.516. The molecule has 0 aliphatic carbocycles. The first-order valence-corrected chi connectivity index (χ1v) is 13.4. The first-order chi connectivity index (χ1) is 17.1. The number of hydrogen-bond acceptors (Lipinski definition) is 4. The average Bonchev–Trinajstić information content (AvgIpc) is 2.87. The van der Waals surface area contributed by atoms with E-state index in [4.69, 9.17) is 14.2 Å². The van der Waals surface area contributed by atoms with Crippen LogP contribution in [-0.2, 0) is 0 Å². The number of ether oxygens (including phenoxy) is 3. The number of carbonyl (C=O) groups is 1. The van der Waals surface area contributed by atoms with E-state index in [-0.39, 0.29) is 12.1 Å². The summed E-state index contributed by atoms with van der Waals surface area (Å²) in [4.78, 5) is 12.5. The third kappa shape index (κ3) is 12.5. The highest BCUT2D eigenvalue weighted by Gasteiger charge is 2.10. The van der Waals surface area contributed by atoms with Crippen molar-refractivity contribution in [2.75, 3.05) is 6.61 Å². The van der Waals surface area contributed by atoms with E-state index in [2.05, 4.69) is 20.4 Å². The van der Waals surface area contributed by atoms with Crippen LogP contribution in [0.15, 0.2) is 61.2 Å². The van der Waals surface area contributed by atoms with Gasteiger partial charge in [-0.3, -0.25) is 0 Å². The zero-order valence-electron chi connectivity index (χ0n) is 21.8. The van der Waals surface area contributed by atoms with Crippen LogP contribution in [0.25, 0.3) is 0 Å². The van der Waals surface area contributed by atoms with E-state index in [9.17, 15) is 4.79 Å². The lowest BCUT2D eigenvalue weighted by atomic mass is 10.1. The second-order valence-electron chi connectivity index (χ2n) is 9.21. The topological polar surface area (TPSA) is 44.8 Å². The van der Waals surface area contributed by atoms with Crippen molar-refractivity contribution in [3.63, 3.8) is 0 Å². The van der Waals surface area contributed by atoms with E-state index < -0.39 is 0 Å². The molecule has 0 saturated carbocycles. The molecule has 0 spiro atoms. The lowest BCUT2D eigenvalue weighted by molar-refractivity contribution is 0.0734. The van der Waals surface area contributed by atoms with Crippen LogP contribution in [0.4, 0.5) is 0 Å². The molecule has 0 saturated heterocycles. The van der Waals surface area contributed by atoms with E-state index in [0.717, 1.165) is 30.8 Å². The Labute approximate surface area is 212 Å². The summed E-state index contributed by atoms with van der Waals surface area (Å²) in [5.41, 5.74) is 0.498. The van der Waals surface area contributed by atoms with E-state index in [1.54, 1.807) is 24.3 Å². The Bertz CT molecular complexity index is 826. The van der Waals surface area contributed by atoms with Crippen molar-refractivity contribution in [3.05, 3.63) is 66.7 Å². The van der Waals surface area contributed by atoms with Gasteiger partial charge in [0.15, 0.2) is 0 Å². The van der Waals surface area contributed by atoms with Crippen LogP contribution >= 0.6 is 0 Å². The van der Waals surface area contributed by atoms with Gasteiger partial charge >= 0.3 is 5.97 Å². The molecule has 1 atom stereocenters. The summed E-state index contributed by atoms with van der Waals surface area (Å²) in [5, 5.41) is 0. The molecule has 35 heavy (non-hydrogen) atoms. The summed E-state index contributed by atoms with van der Waals surface area (Å²) in [7, 11) is 0. The Kier molecular flexibility index (Phi) is 14.4. The van der Waals surface area contributed by atoms with Gasteiger partial charge in [-0.05, 0) is 87.6 Å². The van der Waals surface area contributed by atoms with Crippen LogP contribution < -0.4 is 14.2 Å². The maximum atomic E-state index is 12.5. The Morgan fingerprint density at radius 2 is 1.40 bits per heavy atom. The molecule has 0 aliphatic rings. The number of benzene rings is 2. The van der Waals surface area contributed by atoms with Crippen molar-refractivity contribution in [2.24, 2.45) is 0 Å². The molecular weight excluding hydrogens is 436 g/mol. The van der Waals surface area contributed by atoms with Gasteiger partial charge in [-0.15, -0.1) is 6.58 Å². The Hall–Kier alpha value is -2.75. The first kappa shape index (κ1) is 28.5. The SMILES string of the molecule is C=CCCCCCCCCOc1ccc(C(=O)Oc2ccc(O[C@@H](C)CCCCCC)cc2)cc1. The molecule has 0 radical (unpaired) electrons. The van der Waals surface area contributed by atoms with E-state index in [0.29, 0.717) is 17.9 Å². The Morgan fingerprint density at radius 3 is 2.09 bits per heavy atom. The van der Waals surface area contributed by atoms with Crippen molar-refractivity contribution >= 4 is 5.97 Å². The van der Waals surface area contributed by atoms with Crippen molar-refractivity contribution < 1.29 is 19.0 Å². The van der Waals surface area contributed by atoms with Crippen LogP contribution in [-0.4, -0.2) is 18.7 Å². The highest BCUT2D eigenvalue weighted by molar-refractivity contribution is 5.91. The fourth-order valence-electron chi connectivity index (χ4n) is 3.88. The minimum Gasteiger partial charge on any atom is -0.494 e. The molecule has 2 aromatic rings. The van der Waals surface area contributed by atoms with Gasteiger partial charge in [0.05, 0.1) is 18.3 Å². The van der Waals surface area contributed by atoms with Gasteiger partial charge in [0.25, 0.3) is 0 Å². The zero-order valence-corrected chi connectivity index (χ0v) is 21.8. The standard InChI is InChI=1S/C31H44O4/c1-4-6-8-10-11-12-13-15-25-33-28-19-17-27(18-20-28)31(32)35-30-23-21-29(22-24-30)34-26(3)16-14-9-7-5-2/h4,17-24,26H,1,5-16,25H2,2-3H3/t26-/m0/s1. The molecular formula is C31H44O4. The summed E-state index contributed by atoms with van der Waals surface area (Å²) in [6.45, 7) is 8.77. The number of esters is 1. The third-order valence-corrected chi connectivity index (χ3v) is 6.00. The van der Waals surface area contributed by atoms with Crippen LogP contribution in [0.3, 0.4) is 0 Å². The van der Waals surface area contributed by atoms with Crippen LogP contribution in [0.2, 0.25) is 0 Å². The van der Waals surface area contributed by atoms with Crippen molar-refractivity contribution in [1.82, 2.24) is 0 Å². The van der Waals surface area contributed by atoms with Crippen molar-refractivity contribution in [1.29, 1.82) is 0 Å². The summed E-state index contributed by atoms with van der Waals surface area (Å²) in [6, 6.07) is 14.4. The summed E-state index contributed by atoms with van der Waals surface area (Å²) in [6.07, 6.45) is 16.6. The predicted octanol–water partition coefficient (Wildman–Crippen LogP) is 8.94. The molecule has 2 rings (SSSR count). The van der Waals surface area contributed by atoms with Gasteiger partial charge in [-0.2, -0.15) is 0 Å². The molecule has 0 amide bonds. The smallest absolute Gasteiger partial charge is 0.343 e. The monoisotopic (exact) mass is 480 g/mol. The molecule has 4 nitrogen and oxygen atoms in total. The predicted molar refractivity (Wildman–Crippen MR) is 145 cm³/mol. The molecule has 0 heterocycles. The highest BCUT2D eigenvalue weighted by atomic mass is 16.5.